The molecule has 20 heavy (non-hydrogen) atoms. The molecule has 0 radical (unpaired) electrons. The van der Waals surface area contributed by atoms with Gasteiger partial charge < -0.3 is 11.1 Å². The van der Waals surface area contributed by atoms with E-state index in [9.17, 15) is 4.79 Å². The molecular weight excluding hydrogens is 294 g/mol. The van der Waals surface area contributed by atoms with Gasteiger partial charge in [-0.25, -0.2) is 0 Å². The molecule has 100 valence electrons. The van der Waals surface area contributed by atoms with Crippen molar-refractivity contribution in [2.24, 2.45) is 0 Å². The third kappa shape index (κ3) is 2.45. The molecule has 1 amide bonds. The summed E-state index contributed by atoms with van der Waals surface area (Å²) in [5, 5.41) is 4.16. The van der Waals surface area contributed by atoms with Crippen LogP contribution in [-0.2, 0) is 0 Å². The monoisotopic (exact) mass is 303 g/mol. The number of benzene rings is 1. The number of nitrogens with two attached hydrogens (primary N) is 1. The quantitative estimate of drug-likeness (QED) is 0.708. The average molecular weight is 304 g/mol. The Hall–Kier alpha value is -2.11. The molecule has 0 saturated carbocycles. The molecular formula is C14H10ClN3OS. The Bertz CT molecular complexity index is 800. The third-order valence-corrected chi connectivity index (χ3v) is 4.22. The Morgan fingerprint density at radius 1 is 1.30 bits per heavy atom. The van der Waals surface area contributed by atoms with Crippen LogP contribution in [0.1, 0.15) is 9.67 Å². The molecule has 0 saturated heterocycles. The Labute approximate surface area is 124 Å². The van der Waals surface area contributed by atoms with Crippen molar-refractivity contribution in [2.75, 3.05) is 11.1 Å². The minimum absolute atomic E-state index is 0.209. The first kappa shape index (κ1) is 12.9. The van der Waals surface area contributed by atoms with E-state index in [1.807, 2.05) is 24.3 Å². The van der Waals surface area contributed by atoms with Crippen LogP contribution in [-0.4, -0.2) is 10.9 Å². The zero-order chi connectivity index (χ0) is 14.1. The SMILES string of the molecule is Nc1ccc2sc(C(=O)Nc3cnccc3Cl)cc2c1. The number of thiophene rings is 1. The van der Waals surface area contributed by atoms with Gasteiger partial charge in [-0.3, -0.25) is 9.78 Å². The Morgan fingerprint density at radius 3 is 2.95 bits per heavy atom. The summed E-state index contributed by atoms with van der Waals surface area (Å²) in [5.41, 5.74) is 6.91. The molecule has 2 heterocycles. The molecule has 0 aliphatic heterocycles. The molecule has 2 aromatic heterocycles. The van der Waals surface area contributed by atoms with E-state index in [-0.39, 0.29) is 5.91 Å². The van der Waals surface area contributed by atoms with E-state index in [1.54, 1.807) is 12.3 Å². The highest BCUT2D eigenvalue weighted by molar-refractivity contribution is 7.20. The normalized spacial score (nSPS) is 10.7. The van der Waals surface area contributed by atoms with Crippen LogP contribution in [0.2, 0.25) is 5.02 Å². The van der Waals surface area contributed by atoms with Crippen molar-refractivity contribution < 1.29 is 4.79 Å². The van der Waals surface area contributed by atoms with Gasteiger partial charge in [-0.2, -0.15) is 0 Å². The molecule has 0 aliphatic carbocycles. The molecule has 0 bridgehead atoms. The zero-order valence-electron chi connectivity index (χ0n) is 10.3. The van der Waals surface area contributed by atoms with Crippen LogP contribution >= 0.6 is 22.9 Å². The molecule has 0 atom stereocenters. The Balaban J connectivity index is 1.91. The summed E-state index contributed by atoms with van der Waals surface area (Å²) in [6, 6.07) is 9.01. The predicted molar refractivity (Wildman–Crippen MR) is 83.4 cm³/mol. The number of fused-ring (bicyclic) bond motifs is 1. The molecule has 3 N–H and O–H groups in total. The summed E-state index contributed by atoms with van der Waals surface area (Å²) in [4.78, 5) is 16.7. The molecule has 4 nitrogen and oxygen atoms in total. The molecule has 3 aromatic rings. The topological polar surface area (TPSA) is 68.0 Å². The number of hydrogen-bond acceptors (Lipinski definition) is 4. The van der Waals surface area contributed by atoms with Gasteiger partial charge in [0, 0.05) is 16.6 Å². The number of amides is 1. The van der Waals surface area contributed by atoms with Crippen LogP contribution in [0.25, 0.3) is 10.1 Å². The highest BCUT2D eigenvalue weighted by atomic mass is 35.5. The van der Waals surface area contributed by atoms with Crippen LogP contribution in [0.3, 0.4) is 0 Å². The highest BCUT2D eigenvalue weighted by Gasteiger charge is 2.12. The number of hydrogen-bond donors (Lipinski definition) is 2. The molecule has 0 spiro atoms. The van der Waals surface area contributed by atoms with Gasteiger partial charge in [0.15, 0.2) is 0 Å². The first-order chi connectivity index (χ1) is 9.63. The van der Waals surface area contributed by atoms with Crippen LogP contribution in [0.15, 0.2) is 42.7 Å². The van der Waals surface area contributed by atoms with E-state index >= 15 is 0 Å². The molecule has 3 rings (SSSR count). The van der Waals surface area contributed by atoms with E-state index in [0.29, 0.717) is 21.3 Å². The fourth-order valence-electron chi connectivity index (χ4n) is 1.83. The van der Waals surface area contributed by atoms with Gasteiger partial charge in [0.2, 0.25) is 0 Å². The number of anilines is 2. The maximum absolute atomic E-state index is 12.2. The standard InChI is InChI=1S/C14H10ClN3OS/c15-10-3-4-17-7-11(10)18-14(19)13-6-8-5-9(16)1-2-12(8)20-13/h1-7H,16H2,(H,18,19). The molecule has 6 heteroatoms. The molecule has 1 aromatic carbocycles. The number of rotatable bonds is 2. The van der Waals surface area contributed by atoms with Crippen molar-refractivity contribution in [3.05, 3.63) is 52.6 Å². The lowest BCUT2D eigenvalue weighted by Gasteiger charge is -2.04. The summed E-state index contributed by atoms with van der Waals surface area (Å²) in [5.74, 6) is -0.209. The third-order valence-electron chi connectivity index (χ3n) is 2.78. The second-order valence-corrected chi connectivity index (χ2v) is 5.71. The number of nitrogens with zero attached hydrogens (tertiary/aromatic N) is 1. The number of carbonyl (C=O) groups is 1. The molecule has 0 aliphatic rings. The average Bonchev–Trinajstić information content (AvgIpc) is 2.84. The summed E-state index contributed by atoms with van der Waals surface area (Å²) in [6.45, 7) is 0. The number of carbonyl (C=O) groups excluding carboxylic acids is 1. The lowest BCUT2D eigenvalue weighted by atomic mass is 10.2. The summed E-state index contributed by atoms with van der Waals surface area (Å²) >= 11 is 7.40. The van der Waals surface area contributed by atoms with E-state index < -0.39 is 0 Å². The number of pyridine rings is 1. The lowest BCUT2D eigenvalue weighted by molar-refractivity contribution is 0.103. The lowest BCUT2D eigenvalue weighted by Crippen LogP contribution is -2.10. The van der Waals surface area contributed by atoms with Gasteiger partial charge in [-0.15, -0.1) is 11.3 Å². The van der Waals surface area contributed by atoms with Crippen molar-refractivity contribution in [3.63, 3.8) is 0 Å². The van der Waals surface area contributed by atoms with Gasteiger partial charge in [0.1, 0.15) is 0 Å². The molecule has 0 fully saturated rings. The first-order valence-corrected chi connectivity index (χ1v) is 7.03. The summed E-state index contributed by atoms with van der Waals surface area (Å²) < 4.78 is 1.02. The van der Waals surface area contributed by atoms with Gasteiger partial charge in [-0.1, -0.05) is 11.6 Å². The van der Waals surface area contributed by atoms with E-state index in [2.05, 4.69) is 10.3 Å². The fourth-order valence-corrected chi connectivity index (χ4v) is 2.92. The van der Waals surface area contributed by atoms with Crippen molar-refractivity contribution in [2.45, 2.75) is 0 Å². The van der Waals surface area contributed by atoms with Gasteiger partial charge in [-0.05, 0) is 35.7 Å². The fraction of sp³-hybridized carbons (Fsp3) is 0. The Morgan fingerprint density at radius 2 is 2.15 bits per heavy atom. The molecule has 0 unspecified atom stereocenters. The number of halogens is 1. The minimum Gasteiger partial charge on any atom is -0.399 e. The zero-order valence-corrected chi connectivity index (χ0v) is 11.8. The van der Waals surface area contributed by atoms with Crippen LogP contribution in [0.5, 0.6) is 0 Å². The van der Waals surface area contributed by atoms with E-state index in [1.165, 1.54) is 17.5 Å². The first-order valence-electron chi connectivity index (χ1n) is 5.83. The van der Waals surface area contributed by atoms with Gasteiger partial charge in [0.05, 0.1) is 21.8 Å². The smallest absolute Gasteiger partial charge is 0.265 e. The largest absolute Gasteiger partial charge is 0.399 e. The summed E-state index contributed by atoms with van der Waals surface area (Å²) in [6.07, 6.45) is 3.09. The summed E-state index contributed by atoms with van der Waals surface area (Å²) in [7, 11) is 0. The van der Waals surface area contributed by atoms with Crippen LogP contribution in [0.4, 0.5) is 11.4 Å². The Kier molecular flexibility index (Phi) is 3.30. The van der Waals surface area contributed by atoms with Gasteiger partial charge in [0.25, 0.3) is 5.91 Å². The number of aromatic nitrogens is 1. The predicted octanol–water partition coefficient (Wildman–Crippen LogP) is 3.78. The minimum atomic E-state index is -0.209. The van der Waals surface area contributed by atoms with Crippen molar-refractivity contribution >= 4 is 50.3 Å². The second-order valence-electron chi connectivity index (χ2n) is 4.22. The van der Waals surface area contributed by atoms with E-state index in [4.69, 9.17) is 17.3 Å². The van der Waals surface area contributed by atoms with Crippen LogP contribution in [0, 0.1) is 0 Å². The van der Waals surface area contributed by atoms with Crippen molar-refractivity contribution in [1.82, 2.24) is 4.98 Å². The number of nitrogen functional groups attached to an aromatic ring is 1. The maximum Gasteiger partial charge on any atom is 0.265 e. The van der Waals surface area contributed by atoms with Crippen molar-refractivity contribution in [1.29, 1.82) is 0 Å². The van der Waals surface area contributed by atoms with E-state index in [0.717, 1.165) is 10.1 Å². The highest BCUT2D eigenvalue weighted by Crippen LogP contribution is 2.28. The second kappa shape index (κ2) is 5.11. The van der Waals surface area contributed by atoms with Gasteiger partial charge >= 0.3 is 0 Å². The van der Waals surface area contributed by atoms with Crippen molar-refractivity contribution in [3.8, 4) is 0 Å². The number of nitrogens with one attached hydrogen (secondary N) is 1. The van der Waals surface area contributed by atoms with Crippen LogP contribution < -0.4 is 11.1 Å². The maximum atomic E-state index is 12.2.